The number of carbonyl (C=O) groups is 2. The van der Waals surface area contributed by atoms with E-state index in [1.54, 1.807) is 30.5 Å². The Labute approximate surface area is 180 Å². The fourth-order valence-corrected chi connectivity index (χ4v) is 2.99. The smallest absolute Gasteiger partial charge is 0.341 e. The van der Waals surface area contributed by atoms with Crippen LogP contribution in [0, 0.1) is 5.92 Å². The number of hydrogen-bond acceptors (Lipinski definition) is 5. The number of benzene rings is 2. The first kappa shape index (κ1) is 23.2. The van der Waals surface area contributed by atoms with Crippen molar-refractivity contribution in [3.63, 3.8) is 0 Å². The first-order chi connectivity index (χ1) is 14.3. The molecule has 1 atom stereocenters. The van der Waals surface area contributed by atoms with Gasteiger partial charge in [-0.05, 0) is 35.7 Å². The van der Waals surface area contributed by atoms with Crippen LogP contribution in [0.25, 0.3) is 10.9 Å². The summed E-state index contributed by atoms with van der Waals surface area (Å²) in [5.41, 5.74) is 1.62. The number of carbonyl (C=O) groups excluding carboxylic acids is 1. The second-order valence-corrected chi connectivity index (χ2v) is 7.22. The average Bonchev–Trinajstić information content (AvgIpc) is 2.72. The third-order valence-electron chi connectivity index (χ3n) is 4.06. The van der Waals surface area contributed by atoms with Crippen molar-refractivity contribution in [1.29, 1.82) is 0 Å². The summed E-state index contributed by atoms with van der Waals surface area (Å²) in [5, 5.41) is 9.83. The maximum atomic E-state index is 10.9. The second-order valence-electron chi connectivity index (χ2n) is 6.81. The van der Waals surface area contributed by atoms with Crippen molar-refractivity contribution in [1.82, 2.24) is 4.98 Å². The van der Waals surface area contributed by atoms with Crippen LogP contribution in [0.1, 0.15) is 32.4 Å². The summed E-state index contributed by atoms with van der Waals surface area (Å²) in [6, 6.07) is 16.6. The molecule has 0 bridgehead atoms. The summed E-state index contributed by atoms with van der Waals surface area (Å²) in [7, 11) is 0. The topological polar surface area (TPSA) is 85.7 Å². The average molecular weight is 430 g/mol. The van der Waals surface area contributed by atoms with E-state index in [0.29, 0.717) is 22.2 Å². The normalized spacial score (nSPS) is 11.4. The Balaban J connectivity index is 0.000000216. The molecule has 7 heteroatoms. The van der Waals surface area contributed by atoms with Gasteiger partial charge in [-0.3, -0.25) is 9.78 Å². The SMILES string of the molecule is CC(=O)OC(c1ccccc1)C(C)C.O=C(O)COc1ccc(Cl)c2cccnc12. The third kappa shape index (κ3) is 6.74. The van der Waals surface area contributed by atoms with Gasteiger partial charge >= 0.3 is 11.9 Å². The number of halogens is 1. The Morgan fingerprint density at radius 2 is 1.77 bits per heavy atom. The molecule has 1 unspecified atom stereocenters. The fraction of sp³-hybridized carbons (Fsp3) is 0.261. The van der Waals surface area contributed by atoms with Gasteiger partial charge in [-0.2, -0.15) is 0 Å². The molecule has 2 aromatic carbocycles. The summed E-state index contributed by atoms with van der Waals surface area (Å²) in [5.74, 6) is -0.546. The zero-order chi connectivity index (χ0) is 22.1. The van der Waals surface area contributed by atoms with Crippen LogP contribution in [-0.4, -0.2) is 28.6 Å². The molecule has 0 aliphatic carbocycles. The molecule has 1 heterocycles. The molecule has 0 saturated heterocycles. The molecular formula is C23H24ClNO5. The van der Waals surface area contributed by atoms with Gasteiger partial charge in [0, 0.05) is 18.5 Å². The number of esters is 1. The molecule has 6 nitrogen and oxygen atoms in total. The Hall–Kier alpha value is -3.12. The van der Waals surface area contributed by atoms with E-state index < -0.39 is 12.6 Å². The summed E-state index contributed by atoms with van der Waals surface area (Å²) >= 11 is 5.98. The highest BCUT2D eigenvalue weighted by Crippen LogP contribution is 2.29. The number of carboxylic acids is 1. The van der Waals surface area contributed by atoms with E-state index in [1.807, 2.05) is 44.2 Å². The number of carboxylic acid groups (broad SMARTS) is 1. The van der Waals surface area contributed by atoms with Crippen LogP contribution in [0.2, 0.25) is 5.02 Å². The number of pyridine rings is 1. The quantitative estimate of drug-likeness (QED) is 0.535. The van der Waals surface area contributed by atoms with Crippen LogP contribution in [0.15, 0.2) is 60.8 Å². The molecule has 0 saturated carbocycles. The molecule has 3 rings (SSSR count). The summed E-state index contributed by atoms with van der Waals surface area (Å²) in [6.07, 6.45) is 1.47. The Morgan fingerprint density at radius 3 is 2.37 bits per heavy atom. The lowest BCUT2D eigenvalue weighted by Crippen LogP contribution is -2.14. The van der Waals surface area contributed by atoms with Gasteiger partial charge in [0.15, 0.2) is 6.61 Å². The molecule has 30 heavy (non-hydrogen) atoms. The predicted octanol–water partition coefficient (Wildman–Crippen LogP) is 5.30. The van der Waals surface area contributed by atoms with Gasteiger partial charge in [0.2, 0.25) is 0 Å². The van der Waals surface area contributed by atoms with Crippen LogP contribution >= 0.6 is 11.6 Å². The van der Waals surface area contributed by atoms with Crippen molar-refractivity contribution in [2.24, 2.45) is 5.92 Å². The summed E-state index contributed by atoms with van der Waals surface area (Å²) in [6.45, 7) is 5.13. The van der Waals surface area contributed by atoms with Crippen LogP contribution in [0.5, 0.6) is 5.75 Å². The van der Waals surface area contributed by atoms with Crippen molar-refractivity contribution >= 4 is 34.4 Å². The molecule has 0 fully saturated rings. The Morgan fingerprint density at radius 1 is 1.07 bits per heavy atom. The third-order valence-corrected chi connectivity index (χ3v) is 4.39. The monoisotopic (exact) mass is 429 g/mol. The van der Waals surface area contributed by atoms with Crippen LogP contribution in [0.4, 0.5) is 0 Å². The zero-order valence-corrected chi connectivity index (χ0v) is 17.8. The molecule has 3 aromatic rings. The van der Waals surface area contributed by atoms with Gasteiger partial charge in [-0.25, -0.2) is 4.79 Å². The summed E-state index contributed by atoms with van der Waals surface area (Å²) < 4.78 is 10.4. The standard InChI is InChI=1S/C12H16O2.C11H8ClNO3/c1-9(2)12(14-10(3)13)11-7-5-4-6-8-11;12-8-3-4-9(16-6-10(14)15)11-7(8)2-1-5-13-11/h4-9,12H,1-3H3;1-5H,6H2,(H,14,15). The number of fused-ring (bicyclic) bond motifs is 1. The molecule has 158 valence electrons. The lowest BCUT2D eigenvalue weighted by Gasteiger charge is -2.20. The first-order valence-corrected chi connectivity index (χ1v) is 9.77. The second kappa shape index (κ2) is 11.2. The maximum Gasteiger partial charge on any atom is 0.341 e. The van der Waals surface area contributed by atoms with Gasteiger partial charge in [0.25, 0.3) is 0 Å². The molecule has 1 aromatic heterocycles. The molecule has 0 aliphatic heterocycles. The van der Waals surface area contributed by atoms with Crippen molar-refractivity contribution < 1.29 is 24.2 Å². The highest BCUT2D eigenvalue weighted by atomic mass is 35.5. The summed E-state index contributed by atoms with van der Waals surface area (Å²) in [4.78, 5) is 25.4. The van der Waals surface area contributed by atoms with Gasteiger partial charge in [-0.15, -0.1) is 0 Å². The minimum absolute atomic E-state index is 0.131. The molecule has 0 amide bonds. The molecule has 0 aliphatic rings. The predicted molar refractivity (Wildman–Crippen MR) is 116 cm³/mol. The first-order valence-electron chi connectivity index (χ1n) is 9.39. The van der Waals surface area contributed by atoms with E-state index in [0.717, 1.165) is 10.9 Å². The molecule has 0 radical (unpaired) electrons. The Bertz CT molecular complexity index is 991. The molecular weight excluding hydrogens is 406 g/mol. The van der Waals surface area contributed by atoms with Gasteiger partial charge < -0.3 is 14.6 Å². The lowest BCUT2D eigenvalue weighted by atomic mass is 9.99. The number of aromatic nitrogens is 1. The Kier molecular flexibility index (Phi) is 8.62. The van der Waals surface area contributed by atoms with E-state index in [2.05, 4.69) is 4.98 Å². The van der Waals surface area contributed by atoms with E-state index in [4.69, 9.17) is 26.2 Å². The van der Waals surface area contributed by atoms with Crippen LogP contribution < -0.4 is 4.74 Å². The van der Waals surface area contributed by atoms with Crippen molar-refractivity contribution in [2.45, 2.75) is 26.9 Å². The van der Waals surface area contributed by atoms with Crippen molar-refractivity contribution in [3.05, 3.63) is 71.4 Å². The molecule has 0 spiro atoms. The lowest BCUT2D eigenvalue weighted by molar-refractivity contribution is -0.149. The van der Waals surface area contributed by atoms with Gasteiger partial charge in [0.1, 0.15) is 17.4 Å². The maximum absolute atomic E-state index is 10.9. The zero-order valence-electron chi connectivity index (χ0n) is 17.0. The van der Waals surface area contributed by atoms with Gasteiger partial charge in [-0.1, -0.05) is 55.8 Å². The number of nitrogens with zero attached hydrogens (tertiary/aromatic N) is 1. The van der Waals surface area contributed by atoms with E-state index >= 15 is 0 Å². The minimum atomic E-state index is -1.03. The number of hydrogen-bond donors (Lipinski definition) is 1. The number of aliphatic carboxylic acids is 1. The van der Waals surface area contributed by atoms with Crippen LogP contribution in [0.3, 0.4) is 0 Å². The van der Waals surface area contributed by atoms with Crippen LogP contribution in [-0.2, 0) is 14.3 Å². The van der Waals surface area contributed by atoms with Crippen molar-refractivity contribution in [2.75, 3.05) is 6.61 Å². The van der Waals surface area contributed by atoms with E-state index in [9.17, 15) is 9.59 Å². The highest BCUT2D eigenvalue weighted by Gasteiger charge is 2.18. The van der Waals surface area contributed by atoms with E-state index in [-0.39, 0.29) is 12.1 Å². The highest BCUT2D eigenvalue weighted by molar-refractivity contribution is 6.35. The molecule has 1 N–H and O–H groups in total. The van der Waals surface area contributed by atoms with Crippen molar-refractivity contribution in [3.8, 4) is 5.75 Å². The fourth-order valence-electron chi connectivity index (χ4n) is 2.78. The minimum Gasteiger partial charge on any atom is -0.480 e. The van der Waals surface area contributed by atoms with E-state index in [1.165, 1.54) is 6.92 Å². The largest absolute Gasteiger partial charge is 0.480 e. The number of ether oxygens (including phenoxy) is 2. The number of rotatable bonds is 6. The van der Waals surface area contributed by atoms with Gasteiger partial charge in [0.05, 0.1) is 5.02 Å².